The van der Waals surface area contributed by atoms with Gasteiger partial charge in [-0.2, -0.15) is 0 Å². The Morgan fingerprint density at radius 2 is 2.03 bits per heavy atom. The summed E-state index contributed by atoms with van der Waals surface area (Å²) in [5.41, 5.74) is 3.58. The molecule has 1 saturated heterocycles. The molecule has 1 amide bonds. The fraction of sp³-hybridized carbons (Fsp3) is 0.261. The number of hydrogen-bond acceptors (Lipinski definition) is 5. The molecule has 1 aliphatic rings. The van der Waals surface area contributed by atoms with Crippen LogP contribution in [0.3, 0.4) is 0 Å². The number of amides is 1. The molecule has 0 radical (unpaired) electrons. The molecular weight excluding hydrogens is 364 g/mol. The molecule has 3 heterocycles. The SMILES string of the molecule is O=CN(Cc1cccnc1)c1ccc(-c2ccccc2)nc1NCC1CCCO1. The van der Waals surface area contributed by atoms with Gasteiger partial charge in [0.05, 0.1) is 24.0 Å². The van der Waals surface area contributed by atoms with Crippen molar-refractivity contribution in [3.8, 4) is 11.3 Å². The van der Waals surface area contributed by atoms with E-state index in [1.807, 2.05) is 54.6 Å². The zero-order valence-corrected chi connectivity index (χ0v) is 16.2. The molecule has 29 heavy (non-hydrogen) atoms. The van der Waals surface area contributed by atoms with Crippen molar-refractivity contribution in [2.24, 2.45) is 0 Å². The Labute approximate surface area is 170 Å². The highest BCUT2D eigenvalue weighted by Gasteiger charge is 2.18. The molecule has 0 aliphatic carbocycles. The zero-order valence-electron chi connectivity index (χ0n) is 16.2. The van der Waals surface area contributed by atoms with E-state index in [9.17, 15) is 4.79 Å². The number of aromatic nitrogens is 2. The number of pyridine rings is 2. The van der Waals surface area contributed by atoms with Gasteiger partial charge in [-0.15, -0.1) is 0 Å². The van der Waals surface area contributed by atoms with Gasteiger partial charge < -0.3 is 15.0 Å². The number of carbonyl (C=O) groups is 1. The lowest BCUT2D eigenvalue weighted by molar-refractivity contribution is -0.107. The second kappa shape index (κ2) is 9.30. The molecule has 1 fully saturated rings. The van der Waals surface area contributed by atoms with E-state index in [0.29, 0.717) is 18.9 Å². The van der Waals surface area contributed by atoms with Crippen molar-refractivity contribution >= 4 is 17.9 Å². The Hall–Kier alpha value is -3.25. The lowest BCUT2D eigenvalue weighted by Crippen LogP contribution is -2.24. The molecule has 4 rings (SSSR count). The van der Waals surface area contributed by atoms with E-state index in [1.54, 1.807) is 17.3 Å². The summed E-state index contributed by atoms with van der Waals surface area (Å²) in [6, 6.07) is 17.7. The molecule has 1 aliphatic heterocycles. The number of rotatable bonds is 8. The lowest BCUT2D eigenvalue weighted by atomic mass is 10.1. The zero-order chi connectivity index (χ0) is 19.9. The number of hydrogen-bond donors (Lipinski definition) is 1. The normalized spacial score (nSPS) is 15.8. The van der Waals surface area contributed by atoms with E-state index in [1.165, 1.54) is 0 Å². The average molecular weight is 388 g/mol. The molecule has 1 atom stereocenters. The third-order valence-electron chi connectivity index (χ3n) is 4.98. The van der Waals surface area contributed by atoms with Gasteiger partial charge in [-0.3, -0.25) is 9.78 Å². The van der Waals surface area contributed by atoms with Gasteiger partial charge in [-0.05, 0) is 36.6 Å². The number of carbonyl (C=O) groups excluding carboxylic acids is 1. The Balaban J connectivity index is 1.63. The van der Waals surface area contributed by atoms with Crippen LogP contribution >= 0.6 is 0 Å². The molecule has 1 N–H and O–H groups in total. The Morgan fingerprint density at radius 3 is 2.76 bits per heavy atom. The second-order valence-corrected chi connectivity index (χ2v) is 7.04. The molecule has 0 saturated carbocycles. The number of ether oxygens (including phenoxy) is 1. The summed E-state index contributed by atoms with van der Waals surface area (Å²) in [5.74, 6) is 0.679. The maximum Gasteiger partial charge on any atom is 0.214 e. The summed E-state index contributed by atoms with van der Waals surface area (Å²) in [6.07, 6.45) is 6.62. The van der Waals surface area contributed by atoms with Crippen molar-refractivity contribution in [2.75, 3.05) is 23.4 Å². The van der Waals surface area contributed by atoms with Crippen LogP contribution in [0.15, 0.2) is 67.0 Å². The van der Waals surface area contributed by atoms with E-state index >= 15 is 0 Å². The summed E-state index contributed by atoms with van der Waals surface area (Å²) < 4.78 is 5.73. The highest BCUT2D eigenvalue weighted by Crippen LogP contribution is 2.29. The van der Waals surface area contributed by atoms with Crippen LogP contribution in [0.2, 0.25) is 0 Å². The van der Waals surface area contributed by atoms with Crippen molar-refractivity contribution < 1.29 is 9.53 Å². The fourth-order valence-corrected chi connectivity index (χ4v) is 3.47. The summed E-state index contributed by atoms with van der Waals surface area (Å²) in [5, 5.41) is 3.41. The molecule has 1 unspecified atom stereocenters. The van der Waals surface area contributed by atoms with Crippen LogP contribution < -0.4 is 10.2 Å². The van der Waals surface area contributed by atoms with Gasteiger partial charge in [0.25, 0.3) is 0 Å². The van der Waals surface area contributed by atoms with E-state index in [2.05, 4.69) is 10.3 Å². The van der Waals surface area contributed by atoms with Crippen LogP contribution in [0.5, 0.6) is 0 Å². The minimum Gasteiger partial charge on any atom is -0.376 e. The number of nitrogens with one attached hydrogen (secondary N) is 1. The Bertz CT molecular complexity index is 928. The lowest BCUT2D eigenvalue weighted by Gasteiger charge is -2.22. The Kier molecular flexibility index (Phi) is 6.12. The number of nitrogens with zero attached hydrogens (tertiary/aromatic N) is 3. The predicted molar refractivity (Wildman–Crippen MR) is 114 cm³/mol. The maximum absolute atomic E-state index is 11.9. The molecule has 6 heteroatoms. The van der Waals surface area contributed by atoms with Crippen molar-refractivity contribution in [1.82, 2.24) is 9.97 Å². The molecule has 1 aromatic carbocycles. The van der Waals surface area contributed by atoms with Crippen LogP contribution in [0.1, 0.15) is 18.4 Å². The average Bonchev–Trinajstić information content (AvgIpc) is 3.31. The van der Waals surface area contributed by atoms with Gasteiger partial charge in [0.1, 0.15) is 0 Å². The van der Waals surface area contributed by atoms with Crippen molar-refractivity contribution in [3.63, 3.8) is 0 Å². The summed E-state index contributed by atoms with van der Waals surface area (Å²) >= 11 is 0. The first kappa shape index (κ1) is 19.1. The van der Waals surface area contributed by atoms with Crippen molar-refractivity contribution in [1.29, 1.82) is 0 Å². The van der Waals surface area contributed by atoms with Gasteiger partial charge >= 0.3 is 0 Å². The molecular formula is C23H24N4O2. The third kappa shape index (κ3) is 4.78. The van der Waals surface area contributed by atoms with Crippen molar-refractivity contribution in [2.45, 2.75) is 25.5 Å². The largest absolute Gasteiger partial charge is 0.376 e. The highest BCUT2D eigenvalue weighted by molar-refractivity contribution is 5.83. The van der Waals surface area contributed by atoms with Crippen LogP contribution in [-0.4, -0.2) is 35.6 Å². The summed E-state index contributed by atoms with van der Waals surface area (Å²) in [6.45, 7) is 1.90. The van der Waals surface area contributed by atoms with Crippen LogP contribution in [-0.2, 0) is 16.1 Å². The first-order valence-corrected chi connectivity index (χ1v) is 9.86. The molecule has 148 valence electrons. The van der Waals surface area contributed by atoms with E-state index in [4.69, 9.17) is 9.72 Å². The fourth-order valence-electron chi connectivity index (χ4n) is 3.47. The van der Waals surface area contributed by atoms with Gasteiger partial charge in [0.15, 0.2) is 5.82 Å². The second-order valence-electron chi connectivity index (χ2n) is 7.04. The topological polar surface area (TPSA) is 67.4 Å². The van der Waals surface area contributed by atoms with E-state index < -0.39 is 0 Å². The maximum atomic E-state index is 11.9. The third-order valence-corrected chi connectivity index (χ3v) is 4.98. The van der Waals surface area contributed by atoms with Gasteiger partial charge in [-0.1, -0.05) is 36.4 Å². The van der Waals surface area contributed by atoms with Crippen LogP contribution in [0.25, 0.3) is 11.3 Å². The van der Waals surface area contributed by atoms with E-state index in [0.717, 1.165) is 48.4 Å². The summed E-state index contributed by atoms with van der Waals surface area (Å²) in [7, 11) is 0. The van der Waals surface area contributed by atoms with Gasteiger partial charge in [-0.25, -0.2) is 4.98 Å². The first-order valence-electron chi connectivity index (χ1n) is 9.86. The predicted octanol–water partition coefficient (Wildman–Crippen LogP) is 3.90. The molecule has 2 aromatic heterocycles. The minimum atomic E-state index is 0.174. The molecule has 0 spiro atoms. The van der Waals surface area contributed by atoms with E-state index in [-0.39, 0.29) is 6.10 Å². The molecule has 6 nitrogen and oxygen atoms in total. The number of anilines is 2. The quantitative estimate of drug-likeness (QED) is 0.593. The van der Waals surface area contributed by atoms with Crippen LogP contribution in [0.4, 0.5) is 11.5 Å². The molecule has 3 aromatic rings. The first-order chi connectivity index (χ1) is 14.3. The monoisotopic (exact) mass is 388 g/mol. The standard InChI is InChI=1S/C23H24N4O2/c28-17-27(16-18-6-4-12-24-14-18)22-11-10-21(19-7-2-1-3-8-19)26-23(22)25-15-20-9-5-13-29-20/h1-4,6-8,10-12,14,17,20H,5,9,13,15-16H2,(H,25,26). The highest BCUT2D eigenvalue weighted by atomic mass is 16.5. The Morgan fingerprint density at radius 1 is 1.14 bits per heavy atom. The van der Waals surface area contributed by atoms with Gasteiger partial charge in [0.2, 0.25) is 6.41 Å². The minimum absolute atomic E-state index is 0.174. The summed E-state index contributed by atoms with van der Waals surface area (Å²) in [4.78, 5) is 22.5. The smallest absolute Gasteiger partial charge is 0.214 e. The number of benzene rings is 1. The van der Waals surface area contributed by atoms with Gasteiger partial charge in [0, 0.05) is 31.1 Å². The van der Waals surface area contributed by atoms with Crippen molar-refractivity contribution in [3.05, 3.63) is 72.6 Å². The molecule has 0 bridgehead atoms. The van der Waals surface area contributed by atoms with Crippen LogP contribution in [0, 0.1) is 0 Å².